The number of hydrogen-bond donors (Lipinski definition) is 1. The van der Waals surface area contributed by atoms with Crippen molar-refractivity contribution >= 4 is 17.6 Å². The molecule has 0 aliphatic carbocycles. The number of aromatic amines is 1. The number of pyridine rings is 2. The number of H-pyrrole nitrogens is 1. The van der Waals surface area contributed by atoms with Crippen molar-refractivity contribution < 1.29 is 18.3 Å². The van der Waals surface area contributed by atoms with Crippen LogP contribution in [0.25, 0.3) is 33.9 Å². The van der Waals surface area contributed by atoms with Crippen LogP contribution in [0, 0.1) is 23.0 Å². The van der Waals surface area contributed by atoms with Crippen molar-refractivity contribution in [3.05, 3.63) is 132 Å². The van der Waals surface area contributed by atoms with Gasteiger partial charge in [0.25, 0.3) is 0 Å². The minimum Gasteiger partial charge on any atom is -0.464 e. The standard InChI is InChI=1S/C17H13FN2O2.C14H9FN2/c1-22-17(21)16-15(12-6-8-19-9-7-12)14(10-20-16)11-2-4-13(18)5-3-11;15-14-3-1-12(2-4-14)13(10-16)9-11-5-7-17-8-6-11/h2-10,20H,1H3;1-9H/b;13-9-. The van der Waals surface area contributed by atoms with Crippen LogP contribution in [-0.4, -0.2) is 28.0 Å². The zero-order chi connectivity index (χ0) is 27.6. The van der Waals surface area contributed by atoms with Gasteiger partial charge in [0.05, 0.1) is 18.8 Å². The number of carbonyl (C=O) groups is 1. The number of esters is 1. The van der Waals surface area contributed by atoms with Gasteiger partial charge in [0.2, 0.25) is 0 Å². The Morgan fingerprint density at radius 1 is 0.846 bits per heavy atom. The number of allylic oxidation sites excluding steroid dienone is 1. The molecular formula is C31H22F2N4O2. The molecule has 3 aromatic heterocycles. The summed E-state index contributed by atoms with van der Waals surface area (Å²) < 4.78 is 30.7. The third kappa shape index (κ3) is 6.67. The van der Waals surface area contributed by atoms with Gasteiger partial charge in [-0.1, -0.05) is 24.3 Å². The molecule has 3 heterocycles. The molecule has 8 heteroatoms. The topological polar surface area (TPSA) is 91.7 Å². The maximum absolute atomic E-state index is 13.1. The molecule has 2 aromatic carbocycles. The molecule has 0 radical (unpaired) electrons. The van der Waals surface area contributed by atoms with Gasteiger partial charge in [-0.05, 0) is 76.9 Å². The first kappa shape index (κ1) is 26.6. The summed E-state index contributed by atoms with van der Waals surface area (Å²) in [7, 11) is 1.33. The van der Waals surface area contributed by atoms with Gasteiger partial charge in [-0.3, -0.25) is 9.97 Å². The first-order chi connectivity index (χ1) is 19.0. The Bertz CT molecular complexity index is 1610. The molecule has 5 aromatic rings. The lowest BCUT2D eigenvalue weighted by atomic mass is 9.97. The van der Waals surface area contributed by atoms with Crippen molar-refractivity contribution in [1.29, 1.82) is 5.26 Å². The van der Waals surface area contributed by atoms with E-state index < -0.39 is 5.97 Å². The third-order valence-corrected chi connectivity index (χ3v) is 5.69. The number of halogens is 2. The Kier molecular flexibility index (Phi) is 8.67. The second-order valence-corrected chi connectivity index (χ2v) is 8.14. The number of methoxy groups -OCH3 is 1. The highest BCUT2D eigenvalue weighted by Gasteiger charge is 2.20. The number of ether oxygens (including phenoxy) is 1. The highest BCUT2D eigenvalue weighted by atomic mass is 19.1. The fourth-order valence-corrected chi connectivity index (χ4v) is 3.80. The molecule has 0 unspecified atom stereocenters. The third-order valence-electron chi connectivity index (χ3n) is 5.69. The van der Waals surface area contributed by atoms with Crippen LogP contribution in [0.2, 0.25) is 0 Å². The van der Waals surface area contributed by atoms with Crippen molar-refractivity contribution in [2.45, 2.75) is 0 Å². The van der Waals surface area contributed by atoms with E-state index in [4.69, 9.17) is 10.00 Å². The second kappa shape index (κ2) is 12.7. The van der Waals surface area contributed by atoms with Gasteiger partial charge in [0, 0.05) is 42.1 Å². The maximum Gasteiger partial charge on any atom is 0.355 e. The van der Waals surface area contributed by atoms with E-state index in [-0.39, 0.29) is 11.6 Å². The largest absolute Gasteiger partial charge is 0.464 e. The molecule has 0 amide bonds. The number of nitriles is 1. The first-order valence-electron chi connectivity index (χ1n) is 11.7. The van der Waals surface area contributed by atoms with Gasteiger partial charge >= 0.3 is 5.97 Å². The zero-order valence-electron chi connectivity index (χ0n) is 20.8. The summed E-state index contributed by atoms with van der Waals surface area (Å²) in [5.74, 6) is -1.08. The van der Waals surface area contributed by atoms with Gasteiger partial charge in [-0.25, -0.2) is 13.6 Å². The summed E-state index contributed by atoms with van der Waals surface area (Å²) in [4.78, 5) is 22.8. The van der Waals surface area contributed by atoms with Gasteiger partial charge in [0.15, 0.2) is 0 Å². The van der Waals surface area contributed by atoms with Crippen molar-refractivity contribution in [3.63, 3.8) is 0 Å². The molecule has 6 nitrogen and oxygen atoms in total. The Labute approximate surface area is 223 Å². The molecule has 5 rings (SSSR count). The lowest BCUT2D eigenvalue weighted by molar-refractivity contribution is 0.0595. The molecule has 0 spiro atoms. The summed E-state index contributed by atoms with van der Waals surface area (Å²) >= 11 is 0. The van der Waals surface area contributed by atoms with Gasteiger partial charge in [-0.15, -0.1) is 0 Å². The average molecular weight is 521 g/mol. The second-order valence-electron chi connectivity index (χ2n) is 8.14. The van der Waals surface area contributed by atoms with E-state index in [0.717, 1.165) is 22.3 Å². The number of carbonyl (C=O) groups excluding carboxylic acids is 1. The minimum absolute atomic E-state index is 0.307. The van der Waals surface area contributed by atoms with E-state index in [1.54, 1.807) is 73.5 Å². The molecule has 1 N–H and O–H groups in total. The molecule has 0 saturated heterocycles. The highest BCUT2D eigenvalue weighted by Crippen LogP contribution is 2.35. The summed E-state index contributed by atoms with van der Waals surface area (Å²) in [6, 6.07) is 21.3. The number of aromatic nitrogens is 3. The van der Waals surface area contributed by atoms with E-state index >= 15 is 0 Å². The van der Waals surface area contributed by atoms with Crippen LogP contribution in [0.15, 0.2) is 104 Å². The number of hydrogen-bond acceptors (Lipinski definition) is 5. The van der Waals surface area contributed by atoms with Crippen LogP contribution in [0.3, 0.4) is 0 Å². The quantitative estimate of drug-likeness (QED) is 0.200. The van der Waals surface area contributed by atoms with Crippen molar-refractivity contribution in [3.8, 4) is 28.3 Å². The average Bonchev–Trinajstić information content (AvgIpc) is 3.43. The SMILES string of the molecule is COC(=O)c1[nH]cc(-c2ccc(F)cc2)c1-c1ccncc1.N#C/C(=C/c1ccncc1)c1ccc(F)cc1. The molecule has 0 saturated carbocycles. The maximum atomic E-state index is 13.1. The van der Waals surface area contributed by atoms with Crippen molar-refractivity contribution in [2.24, 2.45) is 0 Å². The number of rotatable bonds is 5. The monoisotopic (exact) mass is 520 g/mol. The van der Waals surface area contributed by atoms with E-state index in [1.807, 2.05) is 12.1 Å². The fourth-order valence-electron chi connectivity index (χ4n) is 3.80. The van der Waals surface area contributed by atoms with Gasteiger partial charge < -0.3 is 9.72 Å². The van der Waals surface area contributed by atoms with Crippen molar-refractivity contribution in [2.75, 3.05) is 7.11 Å². The van der Waals surface area contributed by atoms with Crippen LogP contribution in [0.1, 0.15) is 21.6 Å². The highest BCUT2D eigenvalue weighted by molar-refractivity contribution is 6.01. The molecule has 192 valence electrons. The smallest absolute Gasteiger partial charge is 0.355 e. The fraction of sp³-hybridized carbons (Fsp3) is 0.0323. The van der Waals surface area contributed by atoms with E-state index in [0.29, 0.717) is 22.4 Å². The van der Waals surface area contributed by atoms with Gasteiger partial charge in [0.1, 0.15) is 17.3 Å². The van der Waals surface area contributed by atoms with Crippen molar-refractivity contribution in [1.82, 2.24) is 15.0 Å². The van der Waals surface area contributed by atoms with Crippen LogP contribution in [0.5, 0.6) is 0 Å². The molecule has 0 aliphatic rings. The van der Waals surface area contributed by atoms with E-state index in [1.165, 1.54) is 31.4 Å². The summed E-state index contributed by atoms with van der Waals surface area (Å²) in [5, 5.41) is 9.08. The molecule has 0 atom stereocenters. The Morgan fingerprint density at radius 2 is 1.41 bits per heavy atom. The minimum atomic E-state index is -0.458. The Morgan fingerprint density at radius 3 is 1.97 bits per heavy atom. The molecule has 39 heavy (non-hydrogen) atoms. The van der Waals surface area contributed by atoms with Crippen LogP contribution in [-0.2, 0) is 4.74 Å². The van der Waals surface area contributed by atoms with E-state index in [2.05, 4.69) is 21.0 Å². The summed E-state index contributed by atoms with van der Waals surface area (Å²) in [5.41, 5.74) is 5.58. The normalized spacial score (nSPS) is 10.7. The van der Waals surface area contributed by atoms with E-state index in [9.17, 15) is 13.6 Å². The molecule has 0 fully saturated rings. The van der Waals surface area contributed by atoms with Crippen LogP contribution < -0.4 is 0 Å². The summed E-state index contributed by atoms with van der Waals surface area (Å²) in [6.07, 6.45) is 10.1. The number of benzene rings is 2. The predicted molar refractivity (Wildman–Crippen MR) is 145 cm³/mol. The van der Waals surface area contributed by atoms with Crippen LogP contribution in [0.4, 0.5) is 8.78 Å². The number of nitrogens with one attached hydrogen (secondary N) is 1. The zero-order valence-corrected chi connectivity index (χ0v) is 20.8. The first-order valence-corrected chi connectivity index (χ1v) is 11.7. The Hall–Kier alpha value is -5.42. The molecule has 0 bridgehead atoms. The Balaban J connectivity index is 0.000000187. The van der Waals surface area contributed by atoms with Crippen LogP contribution >= 0.6 is 0 Å². The molecular weight excluding hydrogens is 498 g/mol. The van der Waals surface area contributed by atoms with Gasteiger partial charge in [-0.2, -0.15) is 5.26 Å². The lowest BCUT2D eigenvalue weighted by Crippen LogP contribution is -2.03. The predicted octanol–water partition coefficient (Wildman–Crippen LogP) is 6.95. The summed E-state index contributed by atoms with van der Waals surface area (Å²) in [6.45, 7) is 0. The lowest BCUT2D eigenvalue weighted by Gasteiger charge is -2.07. The number of nitrogens with zero attached hydrogens (tertiary/aromatic N) is 3. The molecule has 0 aliphatic heterocycles.